The van der Waals surface area contributed by atoms with E-state index in [0.717, 1.165) is 10.1 Å². The molecule has 94 valence electrons. The molecule has 0 aliphatic carbocycles. The first-order chi connectivity index (χ1) is 9.25. The van der Waals surface area contributed by atoms with Gasteiger partial charge in [-0.3, -0.25) is 4.79 Å². The summed E-state index contributed by atoms with van der Waals surface area (Å²) in [5.41, 5.74) is 0. The van der Waals surface area contributed by atoms with Crippen molar-refractivity contribution >= 4 is 38.8 Å². The van der Waals surface area contributed by atoms with Crippen LogP contribution in [0.2, 0.25) is 5.02 Å². The Balaban J connectivity index is 1.96. The summed E-state index contributed by atoms with van der Waals surface area (Å²) in [6.07, 6.45) is 3.43. The van der Waals surface area contributed by atoms with E-state index in [9.17, 15) is 4.79 Å². The monoisotopic (exact) mass is 288 g/mol. The molecule has 3 nitrogen and oxygen atoms in total. The standard InChI is InChI=1S/C14H9ClN2OS/c15-13-9-4-1-2-5-11(9)19-14(13)10(18)8-12-16-6-3-7-17-12/h1-7H,8H2. The van der Waals surface area contributed by atoms with Crippen molar-refractivity contribution in [3.63, 3.8) is 0 Å². The number of benzene rings is 1. The van der Waals surface area contributed by atoms with Gasteiger partial charge in [0, 0.05) is 22.5 Å². The Morgan fingerprint density at radius 2 is 1.89 bits per heavy atom. The normalized spacial score (nSPS) is 10.8. The van der Waals surface area contributed by atoms with Crippen molar-refractivity contribution in [1.29, 1.82) is 0 Å². The fourth-order valence-electron chi connectivity index (χ4n) is 1.84. The van der Waals surface area contributed by atoms with Crippen molar-refractivity contribution in [2.24, 2.45) is 0 Å². The zero-order valence-corrected chi connectivity index (χ0v) is 11.4. The summed E-state index contributed by atoms with van der Waals surface area (Å²) in [6.45, 7) is 0. The molecule has 0 spiro atoms. The van der Waals surface area contributed by atoms with Gasteiger partial charge in [-0.25, -0.2) is 9.97 Å². The summed E-state index contributed by atoms with van der Waals surface area (Å²) in [7, 11) is 0. The van der Waals surface area contributed by atoms with Crippen LogP contribution >= 0.6 is 22.9 Å². The number of hydrogen-bond donors (Lipinski definition) is 0. The van der Waals surface area contributed by atoms with Crippen LogP contribution in [0.3, 0.4) is 0 Å². The molecule has 0 aliphatic rings. The number of Topliss-reactive ketones (excluding diaryl/α,β-unsaturated/α-hetero) is 1. The average molecular weight is 289 g/mol. The predicted molar refractivity (Wildman–Crippen MR) is 76.9 cm³/mol. The zero-order valence-electron chi connectivity index (χ0n) is 9.84. The van der Waals surface area contributed by atoms with E-state index in [0.29, 0.717) is 15.7 Å². The third-order valence-electron chi connectivity index (χ3n) is 2.73. The van der Waals surface area contributed by atoms with Gasteiger partial charge in [-0.15, -0.1) is 11.3 Å². The van der Waals surface area contributed by atoms with Crippen molar-refractivity contribution in [2.75, 3.05) is 0 Å². The molecule has 0 fully saturated rings. The Hall–Kier alpha value is -1.78. The second kappa shape index (κ2) is 5.07. The number of thiophene rings is 1. The van der Waals surface area contributed by atoms with E-state index >= 15 is 0 Å². The molecule has 0 atom stereocenters. The molecule has 5 heteroatoms. The predicted octanol–water partition coefficient (Wildman–Crippen LogP) is 3.77. The van der Waals surface area contributed by atoms with Crippen LogP contribution in [-0.4, -0.2) is 15.8 Å². The van der Waals surface area contributed by atoms with Crippen LogP contribution in [-0.2, 0) is 6.42 Å². The van der Waals surface area contributed by atoms with Crippen LogP contribution < -0.4 is 0 Å². The number of ketones is 1. The van der Waals surface area contributed by atoms with Crippen LogP contribution in [0.1, 0.15) is 15.5 Å². The molecular formula is C14H9ClN2OS. The number of carbonyl (C=O) groups excluding carboxylic acids is 1. The van der Waals surface area contributed by atoms with Crippen LogP contribution in [0.4, 0.5) is 0 Å². The first-order valence-corrected chi connectivity index (χ1v) is 6.91. The molecule has 1 aromatic carbocycles. The molecule has 0 unspecified atom stereocenters. The number of halogens is 1. The highest BCUT2D eigenvalue weighted by molar-refractivity contribution is 7.21. The molecule has 0 saturated heterocycles. The van der Waals surface area contributed by atoms with E-state index in [1.807, 2.05) is 24.3 Å². The highest BCUT2D eigenvalue weighted by Crippen LogP contribution is 2.35. The van der Waals surface area contributed by atoms with E-state index in [4.69, 9.17) is 11.6 Å². The molecular weight excluding hydrogens is 280 g/mol. The zero-order chi connectivity index (χ0) is 13.2. The molecule has 0 aliphatic heterocycles. The second-order valence-electron chi connectivity index (χ2n) is 4.01. The maximum absolute atomic E-state index is 12.3. The minimum Gasteiger partial charge on any atom is -0.293 e. The summed E-state index contributed by atoms with van der Waals surface area (Å²) in [4.78, 5) is 20.9. The van der Waals surface area contributed by atoms with Crippen LogP contribution in [0.15, 0.2) is 42.7 Å². The summed E-state index contributed by atoms with van der Waals surface area (Å²) in [5.74, 6) is 0.471. The SMILES string of the molecule is O=C(Cc1ncccn1)c1sc2ccccc2c1Cl. The maximum atomic E-state index is 12.3. The molecule has 3 aromatic rings. The smallest absolute Gasteiger partial charge is 0.181 e. The van der Waals surface area contributed by atoms with Gasteiger partial charge in [-0.1, -0.05) is 29.8 Å². The first kappa shape index (κ1) is 12.3. The van der Waals surface area contributed by atoms with Crippen molar-refractivity contribution < 1.29 is 4.79 Å². The van der Waals surface area contributed by atoms with Crippen molar-refractivity contribution in [2.45, 2.75) is 6.42 Å². The van der Waals surface area contributed by atoms with Gasteiger partial charge >= 0.3 is 0 Å². The fourth-order valence-corrected chi connectivity index (χ4v) is 3.31. The Labute approximate surface area is 118 Å². The fraction of sp³-hybridized carbons (Fsp3) is 0.0714. The summed E-state index contributed by atoms with van der Waals surface area (Å²) in [5, 5.41) is 1.45. The van der Waals surface area contributed by atoms with E-state index in [1.165, 1.54) is 11.3 Å². The van der Waals surface area contributed by atoms with Gasteiger partial charge < -0.3 is 0 Å². The molecule has 0 amide bonds. The Bertz CT molecular complexity index is 740. The molecule has 2 aromatic heterocycles. The van der Waals surface area contributed by atoms with Gasteiger partial charge in [0.25, 0.3) is 0 Å². The number of aromatic nitrogens is 2. The van der Waals surface area contributed by atoms with E-state index in [1.54, 1.807) is 18.5 Å². The highest BCUT2D eigenvalue weighted by atomic mass is 35.5. The first-order valence-electron chi connectivity index (χ1n) is 5.72. The molecule has 0 radical (unpaired) electrons. The van der Waals surface area contributed by atoms with Crippen LogP contribution in [0, 0.1) is 0 Å². The van der Waals surface area contributed by atoms with Gasteiger partial charge in [0.1, 0.15) is 5.82 Å². The van der Waals surface area contributed by atoms with Gasteiger partial charge in [0.15, 0.2) is 5.78 Å². The molecule has 0 bridgehead atoms. The summed E-state index contributed by atoms with van der Waals surface area (Å²) >= 11 is 7.68. The lowest BCUT2D eigenvalue weighted by Crippen LogP contribution is -2.05. The Morgan fingerprint density at radius 3 is 2.63 bits per heavy atom. The van der Waals surface area contributed by atoms with Gasteiger partial charge in [-0.2, -0.15) is 0 Å². The van der Waals surface area contributed by atoms with Gasteiger partial charge in [0.2, 0.25) is 0 Å². The number of rotatable bonds is 3. The third kappa shape index (κ3) is 2.37. The largest absolute Gasteiger partial charge is 0.293 e. The topological polar surface area (TPSA) is 42.9 Å². The Morgan fingerprint density at radius 1 is 1.16 bits per heavy atom. The van der Waals surface area contributed by atoms with Gasteiger partial charge in [0.05, 0.1) is 16.3 Å². The van der Waals surface area contributed by atoms with Crippen molar-refractivity contribution in [3.05, 3.63) is 58.4 Å². The quantitative estimate of drug-likeness (QED) is 0.689. The second-order valence-corrected chi connectivity index (χ2v) is 5.44. The lowest BCUT2D eigenvalue weighted by Gasteiger charge is -1.97. The van der Waals surface area contributed by atoms with E-state index in [2.05, 4.69) is 9.97 Å². The average Bonchev–Trinajstić information content (AvgIpc) is 2.78. The lowest BCUT2D eigenvalue weighted by atomic mass is 10.2. The number of nitrogens with zero attached hydrogens (tertiary/aromatic N) is 2. The maximum Gasteiger partial charge on any atom is 0.181 e. The molecule has 2 heterocycles. The van der Waals surface area contributed by atoms with Crippen LogP contribution in [0.25, 0.3) is 10.1 Å². The van der Waals surface area contributed by atoms with Crippen LogP contribution in [0.5, 0.6) is 0 Å². The lowest BCUT2D eigenvalue weighted by molar-refractivity contribution is 0.0995. The molecule has 0 N–H and O–H groups in total. The molecule has 3 rings (SSSR count). The third-order valence-corrected chi connectivity index (χ3v) is 4.44. The summed E-state index contributed by atoms with van der Waals surface area (Å²) < 4.78 is 1.02. The number of hydrogen-bond acceptors (Lipinski definition) is 4. The van der Waals surface area contributed by atoms with Crippen molar-refractivity contribution in [1.82, 2.24) is 9.97 Å². The molecule has 0 saturated carbocycles. The Kier molecular flexibility index (Phi) is 3.27. The number of carbonyl (C=O) groups is 1. The van der Waals surface area contributed by atoms with Gasteiger partial charge in [-0.05, 0) is 12.1 Å². The number of fused-ring (bicyclic) bond motifs is 1. The minimum absolute atomic E-state index is 0.0441. The van der Waals surface area contributed by atoms with E-state index in [-0.39, 0.29) is 12.2 Å². The molecule has 19 heavy (non-hydrogen) atoms. The van der Waals surface area contributed by atoms with Crippen molar-refractivity contribution in [3.8, 4) is 0 Å². The highest BCUT2D eigenvalue weighted by Gasteiger charge is 2.17. The summed E-state index contributed by atoms with van der Waals surface area (Å²) in [6, 6.07) is 9.45. The minimum atomic E-state index is -0.0441. The van der Waals surface area contributed by atoms with E-state index < -0.39 is 0 Å².